The van der Waals surface area contributed by atoms with Gasteiger partial charge in [0.05, 0.1) is 24.4 Å². The van der Waals surface area contributed by atoms with E-state index in [2.05, 4.69) is 34.1 Å². The zero-order valence-corrected chi connectivity index (χ0v) is 14.4. The minimum Gasteiger partial charge on any atom is -0.493 e. The maximum Gasteiger partial charge on any atom is 0.120 e. The van der Waals surface area contributed by atoms with E-state index >= 15 is 0 Å². The van der Waals surface area contributed by atoms with Gasteiger partial charge in [0.2, 0.25) is 0 Å². The average Bonchev–Trinajstić information content (AvgIpc) is 2.65. The van der Waals surface area contributed by atoms with Crippen molar-refractivity contribution in [2.24, 2.45) is 0 Å². The Morgan fingerprint density at radius 2 is 1.76 bits per heavy atom. The number of rotatable bonds is 7. The summed E-state index contributed by atoms with van der Waals surface area (Å²) in [7, 11) is 4.04. The number of halogens is 1. The van der Waals surface area contributed by atoms with Crippen LogP contribution in [0.25, 0.3) is 22.2 Å². The van der Waals surface area contributed by atoms with Crippen LogP contribution in [0.5, 0.6) is 5.75 Å². The molecule has 1 heterocycles. The second kappa shape index (κ2) is 7.94. The van der Waals surface area contributed by atoms with Gasteiger partial charge >= 0.3 is 0 Å². The van der Waals surface area contributed by atoms with Crippen molar-refractivity contribution < 1.29 is 14.2 Å². The van der Waals surface area contributed by atoms with Crippen LogP contribution in [-0.2, 0) is 4.94 Å². The Labute approximate surface area is 146 Å². The first-order valence-electron chi connectivity index (χ1n) is 8.22. The first-order chi connectivity index (χ1) is 12.2. The van der Waals surface area contributed by atoms with Crippen LogP contribution in [0.2, 0.25) is 0 Å². The van der Waals surface area contributed by atoms with Crippen LogP contribution >= 0.6 is 0 Å². The Bertz CT molecular complexity index is 835. The van der Waals surface area contributed by atoms with Gasteiger partial charge in [-0.2, -0.15) is 4.94 Å². The summed E-state index contributed by atoms with van der Waals surface area (Å²) < 4.78 is 17.2. The number of ether oxygens (including phenoxy) is 1. The van der Waals surface area contributed by atoms with Gasteiger partial charge in [-0.1, -0.05) is 18.2 Å². The van der Waals surface area contributed by atoms with E-state index in [1.807, 2.05) is 44.4 Å². The zero-order chi connectivity index (χ0) is 17.6. The number of anilines is 1. The van der Waals surface area contributed by atoms with Crippen molar-refractivity contribution in [3.63, 3.8) is 0 Å². The fourth-order valence-corrected chi connectivity index (χ4v) is 2.59. The van der Waals surface area contributed by atoms with E-state index in [4.69, 9.17) is 9.72 Å². The highest BCUT2D eigenvalue weighted by molar-refractivity contribution is 5.83. The van der Waals surface area contributed by atoms with Gasteiger partial charge in [0.1, 0.15) is 5.75 Å². The number of aromatic nitrogens is 1. The van der Waals surface area contributed by atoms with Crippen molar-refractivity contribution in [2.75, 3.05) is 32.2 Å². The van der Waals surface area contributed by atoms with Gasteiger partial charge in [-0.25, -0.2) is 4.98 Å². The largest absolute Gasteiger partial charge is 0.493 e. The summed E-state index contributed by atoms with van der Waals surface area (Å²) in [5, 5.41) is 1.01. The normalized spacial score (nSPS) is 10.8. The van der Waals surface area contributed by atoms with Crippen LogP contribution in [0.15, 0.2) is 54.6 Å². The second-order valence-corrected chi connectivity index (χ2v) is 6.01. The molecule has 0 radical (unpaired) electrons. The van der Waals surface area contributed by atoms with Gasteiger partial charge in [-0.05, 0) is 40.9 Å². The number of hydrogen-bond donors (Lipinski definition) is 0. The maximum absolute atomic E-state index is 11.6. The summed E-state index contributed by atoms with van der Waals surface area (Å²) in [4.78, 5) is 10.3. The molecule has 0 unspecified atom stereocenters. The van der Waals surface area contributed by atoms with E-state index < -0.39 is 0 Å². The van der Waals surface area contributed by atoms with Crippen LogP contribution < -0.4 is 9.64 Å². The van der Waals surface area contributed by atoms with Crippen LogP contribution in [-0.4, -0.2) is 32.3 Å². The molecular formula is C20H21FN2O2. The molecule has 3 aromatic rings. The van der Waals surface area contributed by atoms with Crippen molar-refractivity contribution in [1.82, 2.24) is 4.98 Å². The average molecular weight is 340 g/mol. The molecule has 0 atom stereocenters. The number of fused-ring (bicyclic) bond motifs is 1. The molecule has 0 saturated carbocycles. The van der Waals surface area contributed by atoms with E-state index in [-0.39, 0.29) is 6.61 Å². The lowest BCUT2D eigenvalue weighted by Crippen LogP contribution is -2.07. The summed E-state index contributed by atoms with van der Waals surface area (Å²) in [6.07, 6.45) is 0.509. The van der Waals surface area contributed by atoms with Crippen molar-refractivity contribution in [1.29, 1.82) is 0 Å². The monoisotopic (exact) mass is 340 g/mol. The predicted molar refractivity (Wildman–Crippen MR) is 98.7 cm³/mol. The summed E-state index contributed by atoms with van der Waals surface area (Å²) >= 11 is 0. The third-order valence-corrected chi connectivity index (χ3v) is 3.97. The SMILES string of the molecule is CN(C)c1ccc(-c2ccc3cc(OCCCOF)ccc3n2)cc1. The summed E-state index contributed by atoms with van der Waals surface area (Å²) in [6.45, 7) is 0.463. The number of hydrogen-bond acceptors (Lipinski definition) is 4. The lowest BCUT2D eigenvalue weighted by Gasteiger charge is -2.12. The van der Waals surface area contributed by atoms with Crippen molar-refractivity contribution >= 4 is 16.6 Å². The molecule has 0 saturated heterocycles. The van der Waals surface area contributed by atoms with Crippen molar-refractivity contribution in [3.05, 3.63) is 54.6 Å². The van der Waals surface area contributed by atoms with Gasteiger partial charge in [0.15, 0.2) is 0 Å². The van der Waals surface area contributed by atoms with Crippen LogP contribution in [0.1, 0.15) is 6.42 Å². The second-order valence-electron chi connectivity index (χ2n) is 6.01. The quantitative estimate of drug-likeness (QED) is 0.587. The Balaban J connectivity index is 1.78. The van der Waals surface area contributed by atoms with E-state index in [0.29, 0.717) is 13.0 Å². The van der Waals surface area contributed by atoms with Crippen LogP contribution in [0.4, 0.5) is 10.2 Å². The van der Waals surface area contributed by atoms with Gasteiger partial charge in [0, 0.05) is 37.2 Å². The molecule has 0 amide bonds. The number of benzene rings is 2. The highest BCUT2D eigenvalue weighted by Crippen LogP contribution is 2.25. The Hall–Kier alpha value is -2.66. The Kier molecular flexibility index (Phi) is 5.46. The molecule has 0 aliphatic rings. The lowest BCUT2D eigenvalue weighted by atomic mass is 10.1. The lowest BCUT2D eigenvalue weighted by molar-refractivity contribution is -0.134. The Morgan fingerprint density at radius 3 is 2.48 bits per heavy atom. The molecule has 130 valence electrons. The van der Waals surface area contributed by atoms with Gasteiger partial charge in [0.25, 0.3) is 0 Å². The van der Waals surface area contributed by atoms with Crippen LogP contribution in [0, 0.1) is 0 Å². The van der Waals surface area contributed by atoms with E-state index in [1.165, 1.54) is 0 Å². The summed E-state index contributed by atoms with van der Waals surface area (Å²) in [5.74, 6) is 0.747. The molecule has 1 aromatic heterocycles. The third-order valence-electron chi connectivity index (χ3n) is 3.97. The minimum atomic E-state index is 0.0467. The highest BCUT2D eigenvalue weighted by atomic mass is 19.3. The summed E-state index contributed by atoms with van der Waals surface area (Å²) in [5.41, 5.74) is 4.09. The molecule has 0 N–H and O–H groups in total. The molecule has 5 heteroatoms. The highest BCUT2D eigenvalue weighted by Gasteiger charge is 2.04. The molecule has 3 rings (SSSR count). The maximum atomic E-state index is 11.6. The molecule has 0 spiro atoms. The zero-order valence-electron chi connectivity index (χ0n) is 14.4. The minimum absolute atomic E-state index is 0.0467. The predicted octanol–water partition coefficient (Wildman–Crippen LogP) is 4.64. The summed E-state index contributed by atoms with van der Waals surface area (Å²) in [6, 6.07) is 18.1. The molecule has 2 aromatic carbocycles. The molecular weight excluding hydrogens is 319 g/mol. The molecule has 0 aliphatic heterocycles. The van der Waals surface area contributed by atoms with E-state index in [9.17, 15) is 4.53 Å². The molecule has 0 bridgehead atoms. The Morgan fingerprint density at radius 1 is 0.960 bits per heavy atom. The standard InChI is InChI=1S/C20H21FN2O2/c1-23(2)17-7-4-15(5-8-17)19-10-6-16-14-18(9-11-20(16)22-19)24-12-3-13-25-21/h4-11,14H,3,12-13H2,1-2H3. The smallest absolute Gasteiger partial charge is 0.120 e. The molecule has 0 fully saturated rings. The van der Waals surface area contributed by atoms with Gasteiger partial charge in [-0.15, -0.1) is 0 Å². The number of nitrogens with zero attached hydrogens (tertiary/aromatic N) is 2. The molecule has 4 nitrogen and oxygen atoms in total. The van der Waals surface area contributed by atoms with Crippen LogP contribution in [0.3, 0.4) is 0 Å². The van der Waals surface area contributed by atoms with E-state index in [0.717, 1.165) is 33.6 Å². The van der Waals surface area contributed by atoms with Gasteiger partial charge < -0.3 is 9.64 Å². The fraction of sp³-hybridized carbons (Fsp3) is 0.250. The molecule has 0 aliphatic carbocycles. The van der Waals surface area contributed by atoms with Gasteiger partial charge in [-0.3, -0.25) is 0 Å². The first-order valence-corrected chi connectivity index (χ1v) is 8.22. The first kappa shape index (κ1) is 17.2. The van der Waals surface area contributed by atoms with Crippen molar-refractivity contribution in [3.8, 4) is 17.0 Å². The fourth-order valence-electron chi connectivity index (χ4n) is 2.59. The topological polar surface area (TPSA) is 34.6 Å². The number of pyridine rings is 1. The van der Waals surface area contributed by atoms with E-state index in [1.54, 1.807) is 0 Å². The van der Waals surface area contributed by atoms with Crippen molar-refractivity contribution in [2.45, 2.75) is 6.42 Å². The molecule has 25 heavy (non-hydrogen) atoms. The third kappa shape index (κ3) is 4.25.